The molecule has 3 aromatic heterocycles. The second-order valence-electron chi connectivity index (χ2n) is 5.47. The maximum Gasteiger partial charge on any atom is 0.259 e. The molecule has 0 aliphatic heterocycles. The monoisotopic (exact) mass is 312 g/mol. The third-order valence-electron chi connectivity index (χ3n) is 4.25. The van der Waals surface area contributed by atoms with E-state index in [4.69, 9.17) is 16.1 Å². The smallest absolute Gasteiger partial charge is 0.259 e. The number of hydrogen-bond donors (Lipinski definition) is 0. The van der Waals surface area contributed by atoms with Crippen molar-refractivity contribution < 1.29 is 4.52 Å². The van der Waals surface area contributed by atoms with E-state index in [0.29, 0.717) is 16.9 Å². The molecule has 0 N–H and O–H groups in total. The first-order valence-corrected chi connectivity index (χ1v) is 7.52. The van der Waals surface area contributed by atoms with Crippen molar-refractivity contribution in [2.75, 3.05) is 0 Å². The fourth-order valence-electron chi connectivity index (χ4n) is 2.85. The lowest BCUT2D eigenvalue weighted by Gasteiger charge is -2.39. The van der Waals surface area contributed by atoms with E-state index < -0.39 is 0 Å². The van der Waals surface area contributed by atoms with Crippen molar-refractivity contribution in [2.45, 2.75) is 24.7 Å². The molecule has 110 valence electrons. The Morgan fingerprint density at radius 3 is 2.68 bits per heavy atom. The van der Waals surface area contributed by atoms with Gasteiger partial charge in [-0.3, -0.25) is 4.98 Å². The van der Waals surface area contributed by atoms with Gasteiger partial charge >= 0.3 is 0 Å². The molecule has 0 atom stereocenters. The van der Waals surface area contributed by atoms with E-state index in [1.807, 2.05) is 24.4 Å². The fourth-order valence-corrected chi connectivity index (χ4v) is 2.97. The molecule has 4 rings (SSSR count). The van der Waals surface area contributed by atoms with Gasteiger partial charge in [0.05, 0.1) is 11.0 Å². The molecule has 1 aliphatic rings. The molecule has 0 amide bonds. The molecule has 3 aromatic rings. The number of halogens is 1. The third kappa shape index (κ3) is 2.09. The van der Waals surface area contributed by atoms with Crippen molar-refractivity contribution in [3.05, 3.63) is 59.4 Å². The van der Waals surface area contributed by atoms with Crippen LogP contribution in [0.5, 0.6) is 0 Å². The second kappa shape index (κ2) is 5.18. The summed E-state index contributed by atoms with van der Waals surface area (Å²) >= 11 is 5.89. The highest BCUT2D eigenvalue weighted by molar-refractivity contribution is 6.29. The highest BCUT2D eigenvalue weighted by Crippen LogP contribution is 2.47. The van der Waals surface area contributed by atoms with Crippen LogP contribution in [0.2, 0.25) is 5.15 Å². The summed E-state index contributed by atoms with van der Waals surface area (Å²) in [5, 5.41) is 4.70. The Hall–Kier alpha value is -2.27. The van der Waals surface area contributed by atoms with Crippen molar-refractivity contribution in [1.82, 2.24) is 20.1 Å². The van der Waals surface area contributed by atoms with Crippen molar-refractivity contribution in [2.24, 2.45) is 0 Å². The summed E-state index contributed by atoms with van der Waals surface area (Å²) in [6.07, 6.45) is 8.35. The summed E-state index contributed by atoms with van der Waals surface area (Å²) in [5.74, 6) is 1.21. The van der Waals surface area contributed by atoms with Gasteiger partial charge in [-0.25, -0.2) is 4.98 Å². The Balaban J connectivity index is 1.74. The zero-order chi connectivity index (χ0) is 15.0. The minimum Gasteiger partial charge on any atom is -0.334 e. The summed E-state index contributed by atoms with van der Waals surface area (Å²) in [6.45, 7) is 0. The molecule has 1 fully saturated rings. The fraction of sp³-hybridized carbons (Fsp3) is 0.250. The molecule has 0 spiro atoms. The lowest BCUT2D eigenvalue weighted by atomic mass is 9.64. The van der Waals surface area contributed by atoms with Gasteiger partial charge in [0.25, 0.3) is 5.89 Å². The van der Waals surface area contributed by atoms with Crippen LogP contribution in [-0.4, -0.2) is 20.1 Å². The standard InChI is InChI=1S/C16H13ClN4O/c17-13-5-4-12(10-19-13)16(6-2-7-16)15-20-14(22-21-15)11-3-1-8-18-9-11/h1,3-5,8-10H,2,6-7H2. The average molecular weight is 313 g/mol. The molecule has 6 heteroatoms. The lowest BCUT2D eigenvalue weighted by Crippen LogP contribution is -2.36. The predicted molar refractivity (Wildman–Crippen MR) is 81.4 cm³/mol. The molecule has 0 radical (unpaired) electrons. The van der Waals surface area contributed by atoms with Gasteiger partial charge in [0.1, 0.15) is 5.15 Å². The van der Waals surface area contributed by atoms with Gasteiger partial charge < -0.3 is 4.52 Å². The number of hydrogen-bond acceptors (Lipinski definition) is 5. The maximum absolute atomic E-state index is 5.89. The van der Waals surface area contributed by atoms with Crippen LogP contribution in [-0.2, 0) is 5.41 Å². The Bertz CT molecular complexity index is 781. The Morgan fingerprint density at radius 2 is 2.05 bits per heavy atom. The molecule has 22 heavy (non-hydrogen) atoms. The first-order chi connectivity index (χ1) is 10.8. The first-order valence-electron chi connectivity index (χ1n) is 7.15. The Labute approximate surface area is 132 Å². The highest BCUT2D eigenvalue weighted by atomic mass is 35.5. The van der Waals surface area contributed by atoms with Crippen LogP contribution in [0.1, 0.15) is 30.7 Å². The van der Waals surface area contributed by atoms with E-state index in [9.17, 15) is 0 Å². The van der Waals surface area contributed by atoms with Crippen LogP contribution in [0, 0.1) is 0 Å². The summed E-state index contributed by atoms with van der Waals surface area (Å²) in [4.78, 5) is 12.9. The van der Waals surface area contributed by atoms with Gasteiger partial charge in [-0.2, -0.15) is 4.98 Å². The van der Waals surface area contributed by atoms with Crippen molar-refractivity contribution >= 4 is 11.6 Å². The minimum absolute atomic E-state index is 0.207. The molecular formula is C16H13ClN4O. The van der Waals surface area contributed by atoms with Gasteiger partial charge in [-0.05, 0) is 36.6 Å². The number of pyridine rings is 2. The zero-order valence-electron chi connectivity index (χ0n) is 11.7. The number of aromatic nitrogens is 4. The summed E-state index contributed by atoms with van der Waals surface area (Å²) in [5.41, 5.74) is 1.70. The molecular weight excluding hydrogens is 300 g/mol. The normalized spacial score (nSPS) is 16.2. The lowest BCUT2D eigenvalue weighted by molar-refractivity contribution is 0.272. The van der Waals surface area contributed by atoms with E-state index in [2.05, 4.69) is 20.1 Å². The van der Waals surface area contributed by atoms with E-state index in [0.717, 1.165) is 30.4 Å². The topological polar surface area (TPSA) is 64.7 Å². The quantitative estimate of drug-likeness (QED) is 0.691. The molecule has 0 saturated heterocycles. The third-order valence-corrected chi connectivity index (χ3v) is 4.47. The van der Waals surface area contributed by atoms with Crippen LogP contribution in [0.3, 0.4) is 0 Å². The predicted octanol–water partition coefficient (Wildman–Crippen LogP) is 3.65. The summed E-state index contributed by atoms with van der Waals surface area (Å²) in [6, 6.07) is 7.55. The molecule has 0 aromatic carbocycles. The number of nitrogens with zero attached hydrogens (tertiary/aromatic N) is 4. The average Bonchev–Trinajstić information content (AvgIpc) is 2.99. The van der Waals surface area contributed by atoms with Crippen molar-refractivity contribution in [1.29, 1.82) is 0 Å². The van der Waals surface area contributed by atoms with Crippen LogP contribution >= 0.6 is 11.6 Å². The minimum atomic E-state index is -0.207. The molecule has 1 aliphatic carbocycles. The summed E-state index contributed by atoms with van der Waals surface area (Å²) < 4.78 is 5.43. The molecule has 3 heterocycles. The van der Waals surface area contributed by atoms with Gasteiger partial charge in [0.15, 0.2) is 5.82 Å². The van der Waals surface area contributed by atoms with Crippen LogP contribution in [0.25, 0.3) is 11.5 Å². The van der Waals surface area contributed by atoms with Gasteiger partial charge in [0.2, 0.25) is 0 Å². The van der Waals surface area contributed by atoms with Crippen LogP contribution in [0.4, 0.5) is 0 Å². The second-order valence-corrected chi connectivity index (χ2v) is 5.86. The highest BCUT2D eigenvalue weighted by Gasteiger charge is 2.44. The molecule has 0 bridgehead atoms. The van der Waals surface area contributed by atoms with Crippen molar-refractivity contribution in [3.8, 4) is 11.5 Å². The van der Waals surface area contributed by atoms with Crippen molar-refractivity contribution in [3.63, 3.8) is 0 Å². The molecule has 1 saturated carbocycles. The Kier molecular flexibility index (Phi) is 3.15. The van der Waals surface area contributed by atoms with Crippen LogP contribution < -0.4 is 0 Å². The van der Waals surface area contributed by atoms with Gasteiger partial charge in [-0.15, -0.1) is 0 Å². The maximum atomic E-state index is 5.89. The van der Waals surface area contributed by atoms with E-state index in [1.165, 1.54) is 0 Å². The van der Waals surface area contributed by atoms with E-state index >= 15 is 0 Å². The number of rotatable bonds is 3. The first kappa shape index (κ1) is 13.4. The largest absolute Gasteiger partial charge is 0.334 e. The van der Waals surface area contributed by atoms with E-state index in [-0.39, 0.29) is 5.41 Å². The molecule has 5 nitrogen and oxygen atoms in total. The summed E-state index contributed by atoms with van der Waals surface area (Å²) in [7, 11) is 0. The SMILES string of the molecule is Clc1ccc(C2(c3noc(-c4cccnc4)n3)CCC2)cn1. The zero-order valence-corrected chi connectivity index (χ0v) is 12.5. The Morgan fingerprint density at radius 1 is 1.14 bits per heavy atom. The van der Waals surface area contributed by atoms with Gasteiger partial charge in [0, 0.05) is 18.6 Å². The van der Waals surface area contributed by atoms with E-state index in [1.54, 1.807) is 18.5 Å². The van der Waals surface area contributed by atoms with Crippen LogP contribution in [0.15, 0.2) is 47.4 Å². The van der Waals surface area contributed by atoms with Gasteiger partial charge in [-0.1, -0.05) is 29.2 Å². The molecule has 0 unspecified atom stereocenters.